The molecule has 0 heterocycles. The summed E-state index contributed by atoms with van der Waals surface area (Å²) in [4.78, 5) is 11.5. The first-order valence-electron chi connectivity index (χ1n) is 5.09. The molecule has 0 unspecified atom stereocenters. The lowest BCUT2D eigenvalue weighted by molar-refractivity contribution is 0.217. The van der Waals surface area contributed by atoms with Crippen LogP contribution in [0.3, 0.4) is 0 Å². The van der Waals surface area contributed by atoms with Crippen LogP contribution < -0.4 is 5.19 Å². The zero-order valence-corrected chi connectivity index (χ0v) is 10.7. The third kappa shape index (κ3) is 1.97. The van der Waals surface area contributed by atoms with Gasteiger partial charge in [-0.1, -0.05) is 57.7 Å². The fourth-order valence-electron chi connectivity index (χ4n) is 1.65. The highest BCUT2D eigenvalue weighted by atomic mass is 28.3. The van der Waals surface area contributed by atoms with Crippen molar-refractivity contribution < 1.29 is 9.90 Å². The Hall–Kier alpha value is -1.09. The summed E-state index contributed by atoms with van der Waals surface area (Å²) in [6, 6.07) is 9.62. The van der Waals surface area contributed by atoms with Crippen LogP contribution in [-0.4, -0.2) is 18.8 Å². The molecule has 0 spiro atoms. The van der Waals surface area contributed by atoms with Gasteiger partial charge >= 0.3 is 0 Å². The maximum absolute atomic E-state index is 11.5. The van der Waals surface area contributed by atoms with E-state index in [4.69, 9.17) is 0 Å². The van der Waals surface area contributed by atoms with Crippen LogP contribution in [0.2, 0.25) is 11.6 Å². The van der Waals surface area contributed by atoms with E-state index in [1.54, 1.807) is 0 Å². The SMILES string of the molecule is CC(C)(C)[Si@](C)(C(=O)O)c1ccccc1. The molecule has 15 heavy (non-hydrogen) atoms. The fraction of sp³-hybridized carbons (Fsp3) is 0.417. The number of carboxylic acid groups (broad SMARTS) is 1. The summed E-state index contributed by atoms with van der Waals surface area (Å²) in [6.45, 7) is 7.96. The minimum absolute atomic E-state index is 0.180. The predicted octanol–water partition coefficient (Wildman–Crippen LogP) is 3.03. The molecule has 0 bridgehead atoms. The van der Waals surface area contributed by atoms with Gasteiger partial charge in [0.05, 0.1) is 0 Å². The summed E-state index contributed by atoms with van der Waals surface area (Å²) in [5, 5.41) is 10.3. The first-order valence-corrected chi connectivity index (χ1v) is 7.59. The van der Waals surface area contributed by atoms with E-state index < -0.39 is 13.7 Å². The monoisotopic (exact) mass is 222 g/mol. The smallest absolute Gasteiger partial charge is 0.275 e. The quantitative estimate of drug-likeness (QED) is 0.781. The molecule has 1 N–H and O–H groups in total. The maximum Gasteiger partial charge on any atom is 0.275 e. The van der Waals surface area contributed by atoms with E-state index in [1.165, 1.54) is 0 Å². The van der Waals surface area contributed by atoms with E-state index >= 15 is 0 Å². The molecule has 1 aromatic carbocycles. The van der Waals surface area contributed by atoms with Gasteiger partial charge in [-0.15, -0.1) is 0 Å². The van der Waals surface area contributed by atoms with Crippen molar-refractivity contribution in [1.82, 2.24) is 0 Å². The molecule has 3 heteroatoms. The third-order valence-corrected chi connectivity index (χ3v) is 8.62. The molecule has 0 fully saturated rings. The summed E-state index contributed by atoms with van der Waals surface area (Å²) in [7, 11) is -2.49. The first kappa shape index (κ1) is 12.0. The van der Waals surface area contributed by atoms with Crippen LogP contribution in [0.5, 0.6) is 0 Å². The Bertz CT molecular complexity index is 354. The summed E-state index contributed by atoms with van der Waals surface area (Å²) < 4.78 is 0. The van der Waals surface area contributed by atoms with E-state index in [-0.39, 0.29) is 5.04 Å². The van der Waals surface area contributed by atoms with Gasteiger partial charge in [0.25, 0.3) is 5.59 Å². The van der Waals surface area contributed by atoms with Gasteiger partial charge in [-0.2, -0.15) is 0 Å². The van der Waals surface area contributed by atoms with Gasteiger partial charge < -0.3 is 5.11 Å². The Morgan fingerprint density at radius 3 is 2.00 bits per heavy atom. The van der Waals surface area contributed by atoms with E-state index in [2.05, 4.69) is 0 Å². The van der Waals surface area contributed by atoms with Crippen molar-refractivity contribution in [2.75, 3.05) is 0 Å². The minimum Gasteiger partial charge on any atom is -0.485 e. The van der Waals surface area contributed by atoms with Crippen LogP contribution in [0.1, 0.15) is 20.8 Å². The summed E-state index contributed by atoms with van der Waals surface area (Å²) in [5.41, 5.74) is -0.638. The van der Waals surface area contributed by atoms with Gasteiger partial charge in [-0.3, -0.25) is 4.79 Å². The normalized spacial score (nSPS) is 15.7. The highest BCUT2D eigenvalue weighted by Crippen LogP contribution is 2.36. The number of rotatable bonds is 2. The van der Waals surface area contributed by atoms with E-state index in [0.717, 1.165) is 5.19 Å². The standard InChI is InChI=1S/C12H18O2Si/c1-12(2,3)15(4,11(13)14)10-8-6-5-7-9-10/h5-9H,1-4H3,(H,13,14)/t15-/m0/s1. The molecule has 82 valence electrons. The number of hydrogen-bond acceptors (Lipinski definition) is 1. The molecule has 1 atom stereocenters. The Balaban J connectivity index is 3.32. The molecular weight excluding hydrogens is 204 g/mol. The lowest BCUT2D eigenvalue weighted by Crippen LogP contribution is -2.58. The van der Waals surface area contributed by atoms with Crippen LogP contribution in [0.15, 0.2) is 30.3 Å². The Morgan fingerprint density at radius 1 is 1.20 bits per heavy atom. The Kier molecular flexibility index (Phi) is 3.04. The average molecular weight is 222 g/mol. The van der Waals surface area contributed by atoms with Crippen molar-refractivity contribution in [1.29, 1.82) is 0 Å². The fourth-order valence-corrected chi connectivity index (χ4v) is 4.26. The molecular formula is C12H18O2Si. The molecule has 0 aliphatic carbocycles. The van der Waals surface area contributed by atoms with E-state index in [1.807, 2.05) is 57.7 Å². The van der Waals surface area contributed by atoms with Gasteiger partial charge in [0.15, 0.2) is 0 Å². The predicted molar refractivity (Wildman–Crippen MR) is 65.4 cm³/mol. The number of hydrogen-bond donors (Lipinski definition) is 1. The van der Waals surface area contributed by atoms with Crippen LogP contribution in [0.4, 0.5) is 4.79 Å². The van der Waals surface area contributed by atoms with Gasteiger partial charge in [0.2, 0.25) is 8.07 Å². The van der Waals surface area contributed by atoms with Crippen molar-refractivity contribution >= 4 is 18.9 Å². The second-order valence-electron chi connectivity index (χ2n) is 5.05. The topological polar surface area (TPSA) is 37.3 Å². The molecule has 2 nitrogen and oxygen atoms in total. The number of carbonyl (C=O) groups is 1. The molecule has 0 aliphatic rings. The second kappa shape index (κ2) is 3.81. The van der Waals surface area contributed by atoms with Crippen molar-refractivity contribution in [2.24, 2.45) is 0 Å². The largest absolute Gasteiger partial charge is 0.485 e. The lowest BCUT2D eigenvalue weighted by Gasteiger charge is -2.35. The van der Waals surface area contributed by atoms with Gasteiger partial charge in [-0.05, 0) is 10.2 Å². The molecule has 0 saturated carbocycles. The minimum atomic E-state index is -2.49. The van der Waals surface area contributed by atoms with E-state index in [0.29, 0.717) is 0 Å². The Morgan fingerprint density at radius 2 is 1.67 bits per heavy atom. The Labute approximate surface area is 92.0 Å². The molecule has 0 amide bonds. The van der Waals surface area contributed by atoms with Gasteiger partial charge in [0.1, 0.15) is 0 Å². The second-order valence-corrected chi connectivity index (χ2v) is 9.80. The van der Waals surface area contributed by atoms with Crippen LogP contribution in [0, 0.1) is 0 Å². The molecule has 0 saturated heterocycles. The average Bonchev–Trinajstić information content (AvgIpc) is 2.16. The molecule has 0 radical (unpaired) electrons. The summed E-state index contributed by atoms with van der Waals surface area (Å²) in [6.07, 6.45) is 0. The van der Waals surface area contributed by atoms with Gasteiger partial charge in [0, 0.05) is 0 Å². The molecule has 1 aromatic rings. The first-order chi connectivity index (χ1) is 6.80. The highest BCUT2D eigenvalue weighted by molar-refractivity contribution is 7.14. The van der Waals surface area contributed by atoms with Crippen molar-refractivity contribution in [3.63, 3.8) is 0 Å². The zero-order chi connectivity index (χ0) is 11.7. The van der Waals surface area contributed by atoms with Crippen LogP contribution in [0.25, 0.3) is 0 Å². The highest BCUT2D eigenvalue weighted by Gasteiger charge is 2.49. The lowest BCUT2D eigenvalue weighted by atomic mass is 10.2. The maximum atomic E-state index is 11.5. The van der Waals surface area contributed by atoms with Crippen molar-refractivity contribution in [3.05, 3.63) is 30.3 Å². The van der Waals surface area contributed by atoms with E-state index in [9.17, 15) is 9.90 Å². The zero-order valence-electron chi connectivity index (χ0n) is 9.74. The van der Waals surface area contributed by atoms with Crippen molar-refractivity contribution in [3.8, 4) is 0 Å². The van der Waals surface area contributed by atoms with Crippen LogP contribution >= 0.6 is 0 Å². The summed E-state index contributed by atoms with van der Waals surface area (Å²) >= 11 is 0. The molecule has 0 aromatic heterocycles. The third-order valence-electron chi connectivity index (χ3n) is 3.28. The van der Waals surface area contributed by atoms with Crippen LogP contribution in [-0.2, 0) is 0 Å². The van der Waals surface area contributed by atoms with Gasteiger partial charge in [-0.25, -0.2) is 0 Å². The van der Waals surface area contributed by atoms with Crippen molar-refractivity contribution in [2.45, 2.75) is 32.4 Å². The summed E-state index contributed by atoms with van der Waals surface area (Å²) in [5.74, 6) is 0. The molecule has 0 aliphatic heterocycles. The molecule has 1 rings (SSSR count). The number of benzene rings is 1.